The van der Waals surface area contributed by atoms with E-state index >= 15 is 0 Å². The molecule has 2 nitrogen and oxygen atoms in total. The lowest BCUT2D eigenvalue weighted by Gasteiger charge is -2.35. The quantitative estimate of drug-likeness (QED) is 0.325. The molecule has 31 heavy (non-hydrogen) atoms. The molecule has 0 radical (unpaired) electrons. The predicted molar refractivity (Wildman–Crippen MR) is 131 cm³/mol. The van der Waals surface area contributed by atoms with Crippen molar-refractivity contribution < 1.29 is 0 Å². The van der Waals surface area contributed by atoms with Gasteiger partial charge in [-0.2, -0.15) is 0 Å². The molecular formula is C28H22N2Si. The predicted octanol–water partition coefficient (Wildman–Crippen LogP) is 3.52. The second-order valence-electron chi connectivity index (χ2n) is 7.50. The molecule has 148 valence electrons. The van der Waals surface area contributed by atoms with Crippen LogP contribution in [-0.4, -0.2) is 18.0 Å². The normalized spacial score (nSPS) is 11.2. The van der Waals surface area contributed by atoms with Crippen LogP contribution in [0.4, 0.5) is 0 Å². The van der Waals surface area contributed by atoms with Gasteiger partial charge in [0, 0.05) is 11.8 Å². The van der Waals surface area contributed by atoms with Crippen molar-refractivity contribution in [2.24, 2.45) is 0 Å². The van der Waals surface area contributed by atoms with Gasteiger partial charge in [-0.05, 0) is 20.7 Å². The van der Waals surface area contributed by atoms with E-state index in [0.717, 1.165) is 11.3 Å². The summed E-state index contributed by atoms with van der Waals surface area (Å²) in [4.78, 5) is 9.35. The van der Waals surface area contributed by atoms with Gasteiger partial charge in [-0.3, -0.25) is 0 Å². The summed E-state index contributed by atoms with van der Waals surface area (Å²) >= 11 is 0. The van der Waals surface area contributed by atoms with Crippen LogP contribution in [0.3, 0.4) is 0 Å². The second-order valence-corrected chi connectivity index (χ2v) is 11.3. The Kier molecular flexibility index (Phi) is 5.25. The minimum Gasteiger partial charge on any atom is -0.245 e. The first kappa shape index (κ1) is 19.2. The Morgan fingerprint density at radius 2 is 0.903 bits per heavy atom. The minimum absolute atomic E-state index is 0.999. The van der Waals surface area contributed by atoms with Crippen molar-refractivity contribution in [3.63, 3.8) is 0 Å². The summed E-state index contributed by atoms with van der Waals surface area (Å²) in [5.74, 6) is 0. The lowest BCUT2D eigenvalue weighted by Crippen LogP contribution is -2.75. The highest BCUT2D eigenvalue weighted by Gasteiger charge is 2.43. The zero-order valence-electron chi connectivity index (χ0n) is 17.1. The van der Waals surface area contributed by atoms with E-state index in [1.165, 1.54) is 20.7 Å². The van der Waals surface area contributed by atoms with E-state index in [4.69, 9.17) is 4.98 Å². The Morgan fingerprint density at radius 1 is 0.484 bits per heavy atom. The summed E-state index contributed by atoms with van der Waals surface area (Å²) in [6.07, 6.45) is 3.69. The van der Waals surface area contributed by atoms with Crippen LogP contribution in [0, 0.1) is 0 Å². The van der Waals surface area contributed by atoms with E-state index in [1.54, 1.807) is 6.33 Å². The molecule has 5 rings (SSSR count). The second kappa shape index (κ2) is 8.50. The van der Waals surface area contributed by atoms with E-state index in [-0.39, 0.29) is 0 Å². The Morgan fingerprint density at radius 3 is 1.35 bits per heavy atom. The van der Waals surface area contributed by atoms with Gasteiger partial charge in [0.2, 0.25) is 0 Å². The minimum atomic E-state index is -2.65. The average molecular weight is 415 g/mol. The highest BCUT2D eigenvalue weighted by atomic mass is 28.3. The van der Waals surface area contributed by atoms with E-state index in [9.17, 15) is 0 Å². The van der Waals surface area contributed by atoms with Crippen molar-refractivity contribution in [2.45, 2.75) is 0 Å². The van der Waals surface area contributed by atoms with Crippen LogP contribution >= 0.6 is 0 Å². The monoisotopic (exact) mass is 414 g/mol. The van der Waals surface area contributed by atoms with Gasteiger partial charge >= 0.3 is 0 Å². The Labute approximate surface area is 183 Å². The number of nitrogens with zero attached hydrogens (tertiary/aromatic N) is 2. The van der Waals surface area contributed by atoms with E-state index < -0.39 is 8.07 Å². The molecule has 0 fully saturated rings. The van der Waals surface area contributed by atoms with Crippen molar-refractivity contribution in [3.8, 4) is 11.3 Å². The molecule has 0 saturated carbocycles. The first-order valence-corrected chi connectivity index (χ1v) is 12.4. The third-order valence-electron chi connectivity index (χ3n) is 5.78. The molecule has 0 bridgehead atoms. The summed E-state index contributed by atoms with van der Waals surface area (Å²) < 4.78 is 0. The number of hydrogen-bond acceptors (Lipinski definition) is 2. The summed E-state index contributed by atoms with van der Waals surface area (Å²) in [7, 11) is -2.65. The summed E-state index contributed by atoms with van der Waals surface area (Å²) in [5, 5.41) is 5.16. The molecule has 0 amide bonds. The molecule has 3 heteroatoms. The first-order chi connectivity index (χ1) is 15.4. The summed E-state index contributed by atoms with van der Waals surface area (Å²) in [6.45, 7) is 0. The number of benzene rings is 4. The maximum Gasteiger partial charge on any atom is 0.183 e. The van der Waals surface area contributed by atoms with Gasteiger partial charge in [0.25, 0.3) is 0 Å². The Bertz CT molecular complexity index is 1160. The largest absolute Gasteiger partial charge is 0.245 e. The highest BCUT2D eigenvalue weighted by molar-refractivity contribution is 7.20. The zero-order valence-corrected chi connectivity index (χ0v) is 18.1. The van der Waals surface area contributed by atoms with Crippen LogP contribution in [0.2, 0.25) is 0 Å². The molecule has 1 aromatic heterocycles. The molecule has 4 aromatic carbocycles. The topological polar surface area (TPSA) is 25.8 Å². The lowest BCUT2D eigenvalue weighted by molar-refractivity contribution is 1.19. The lowest BCUT2D eigenvalue weighted by atomic mass is 10.1. The SMILES string of the molecule is c1ccc(-c2ncncc2[Si](c2ccccc2)(c2ccccc2)c2ccccc2)cc1. The van der Waals surface area contributed by atoms with Gasteiger partial charge in [-0.1, -0.05) is 121 Å². The van der Waals surface area contributed by atoms with Gasteiger partial charge in [0.1, 0.15) is 6.33 Å². The molecule has 0 aliphatic heterocycles. The van der Waals surface area contributed by atoms with Crippen LogP contribution in [0.1, 0.15) is 0 Å². The maximum absolute atomic E-state index is 4.81. The molecule has 0 aliphatic rings. The van der Waals surface area contributed by atoms with Gasteiger partial charge in [0.15, 0.2) is 8.07 Å². The van der Waals surface area contributed by atoms with Crippen LogP contribution < -0.4 is 20.7 Å². The molecule has 1 heterocycles. The van der Waals surface area contributed by atoms with Crippen molar-refractivity contribution in [3.05, 3.63) is 134 Å². The first-order valence-electron chi connectivity index (χ1n) is 10.4. The standard InChI is InChI=1S/C28H22N2Si/c1-5-13-23(14-6-1)28-27(21-29-22-30-28)31(24-15-7-2-8-16-24,25-17-9-3-10-18-25)26-19-11-4-12-20-26/h1-22H. The van der Waals surface area contributed by atoms with Crippen molar-refractivity contribution >= 4 is 28.8 Å². The number of aromatic nitrogens is 2. The maximum atomic E-state index is 4.81. The summed E-state index contributed by atoms with van der Waals surface area (Å²) in [5.41, 5.74) is 2.11. The molecule has 5 aromatic rings. The van der Waals surface area contributed by atoms with Crippen LogP contribution in [0.15, 0.2) is 134 Å². The van der Waals surface area contributed by atoms with Crippen LogP contribution in [-0.2, 0) is 0 Å². The third-order valence-corrected chi connectivity index (χ3v) is 10.6. The Balaban J connectivity index is 1.94. The fourth-order valence-corrected chi connectivity index (χ4v) is 9.30. The van der Waals surface area contributed by atoms with Crippen LogP contribution in [0.5, 0.6) is 0 Å². The molecular weight excluding hydrogens is 392 g/mol. The fraction of sp³-hybridized carbons (Fsp3) is 0. The molecule has 0 N–H and O–H groups in total. The summed E-state index contributed by atoms with van der Waals surface area (Å²) in [6, 6.07) is 43.0. The third kappa shape index (κ3) is 3.39. The number of rotatable bonds is 5. The number of hydrogen-bond donors (Lipinski definition) is 0. The van der Waals surface area contributed by atoms with Crippen molar-refractivity contribution in [2.75, 3.05) is 0 Å². The van der Waals surface area contributed by atoms with E-state index in [0.29, 0.717) is 0 Å². The Hall–Kier alpha value is -3.82. The smallest absolute Gasteiger partial charge is 0.183 e. The van der Waals surface area contributed by atoms with Gasteiger partial charge in [0.05, 0.1) is 5.69 Å². The van der Waals surface area contributed by atoms with Gasteiger partial charge in [-0.15, -0.1) is 0 Å². The van der Waals surface area contributed by atoms with Gasteiger partial charge < -0.3 is 0 Å². The zero-order chi connectivity index (χ0) is 20.9. The fourth-order valence-electron chi connectivity index (χ4n) is 4.46. The van der Waals surface area contributed by atoms with Gasteiger partial charge in [-0.25, -0.2) is 9.97 Å². The molecule has 0 saturated heterocycles. The molecule has 0 aliphatic carbocycles. The molecule has 0 unspecified atom stereocenters. The van der Waals surface area contributed by atoms with Crippen molar-refractivity contribution in [1.29, 1.82) is 0 Å². The average Bonchev–Trinajstić information content (AvgIpc) is 2.87. The van der Waals surface area contributed by atoms with E-state index in [1.807, 2.05) is 12.3 Å². The molecule has 0 spiro atoms. The molecule has 0 atom stereocenters. The van der Waals surface area contributed by atoms with Crippen molar-refractivity contribution in [1.82, 2.24) is 9.97 Å². The van der Waals surface area contributed by atoms with Crippen LogP contribution in [0.25, 0.3) is 11.3 Å². The highest BCUT2D eigenvalue weighted by Crippen LogP contribution is 2.18. The van der Waals surface area contributed by atoms with E-state index in [2.05, 4.69) is 120 Å².